The number of phenolic OH excluding ortho intramolecular Hbond substituents is 1. The second kappa shape index (κ2) is 7.43. The van der Waals surface area contributed by atoms with Crippen molar-refractivity contribution < 1.29 is 33.8 Å². The lowest BCUT2D eigenvalue weighted by molar-refractivity contribution is -0.126. The van der Waals surface area contributed by atoms with Crippen LogP contribution in [0.5, 0.6) is 17.2 Å². The summed E-state index contributed by atoms with van der Waals surface area (Å²) in [5, 5.41) is 13.4. The van der Waals surface area contributed by atoms with E-state index in [-0.39, 0.29) is 35.6 Å². The second-order valence-electron chi connectivity index (χ2n) is 8.84. The van der Waals surface area contributed by atoms with Gasteiger partial charge in [-0.3, -0.25) is 24.5 Å². The first-order chi connectivity index (χ1) is 15.8. The Morgan fingerprint density at radius 3 is 2.48 bits per heavy atom. The van der Waals surface area contributed by atoms with E-state index in [9.17, 15) is 24.3 Å². The monoisotopic (exact) mass is 449 g/mol. The molecule has 1 aliphatic heterocycles. The fourth-order valence-corrected chi connectivity index (χ4v) is 5.77. The topological polar surface area (TPSA) is 119 Å². The van der Waals surface area contributed by atoms with Crippen molar-refractivity contribution in [3.05, 3.63) is 52.1 Å². The molecule has 1 aromatic carbocycles. The normalized spacial score (nSPS) is 28.5. The van der Waals surface area contributed by atoms with E-state index in [2.05, 4.69) is 5.32 Å². The van der Waals surface area contributed by atoms with Gasteiger partial charge in [0.25, 0.3) is 0 Å². The molecular weight excluding hydrogens is 426 g/mol. The van der Waals surface area contributed by atoms with Gasteiger partial charge < -0.3 is 14.6 Å². The van der Waals surface area contributed by atoms with Gasteiger partial charge in [-0.15, -0.1) is 0 Å². The quantitative estimate of drug-likeness (QED) is 0.412. The molecule has 5 rings (SSSR count). The number of ketones is 2. The molecule has 33 heavy (non-hydrogen) atoms. The van der Waals surface area contributed by atoms with Gasteiger partial charge in [0.15, 0.2) is 11.6 Å². The van der Waals surface area contributed by atoms with Gasteiger partial charge in [0.1, 0.15) is 17.2 Å². The Balaban J connectivity index is 1.77. The summed E-state index contributed by atoms with van der Waals surface area (Å²) in [5.41, 5.74) is 2.01. The molecule has 0 saturated carbocycles. The molecule has 8 heteroatoms. The molecule has 170 valence electrons. The molecule has 2 amide bonds. The van der Waals surface area contributed by atoms with Crippen LogP contribution in [-0.2, 0) is 19.2 Å². The third-order valence-corrected chi connectivity index (χ3v) is 7.25. The Kier molecular flexibility index (Phi) is 4.77. The molecule has 3 aliphatic carbocycles. The van der Waals surface area contributed by atoms with Crippen molar-refractivity contribution in [3.63, 3.8) is 0 Å². The standard InChI is InChI=1S/C25H23NO7/c1-10-6-16(27)15-9-14-12(4-5-13-19(14)25(31)26-24(13)30)20(21(15)23(10)29)22-17(28)7-11(32-2)8-18(22)33-3/h4,6-8,13-14,19-20,28H,5,9H2,1-3H3,(H,26,30,31). The molecule has 0 spiro atoms. The van der Waals surface area contributed by atoms with Gasteiger partial charge in [-0.1, -0.05) is 11.6 Å². The first-order valence-electron chi connectivity index (χ1n) is 10.8. The minimum absolute atomic E-state index is 0.147. The fraction of sp³-hybridized carbons (Fsp3) is 0.360. The zero-order chi connectivity index (χ0) is 23.6. The molecule has 4 unspecified atom stereocenters. The van der Waals surface area contributed by atoms with Crippen molar-refractivity contribution in [2.45, 2.75) is 25.7 Å². The van der Waals surface area contributed by atoms with Crippen LogP contribution in [0.15, 0.2) is 46.6 Å². The number of aromatic hydroxyl groups is 1. The number of phenols is 1. The molecule has 2 N–H and O–H groups in total. The van der Waals surface area contributed by atoms with Gasteiger partial charge in [0.2, 0.25) is 11.8 Å². The molecule has 4 atom stereocenters. The average Bonchev–Trinajstić information content (AvgIpc) is 3.09. The van der Waals surface area contributed by atoms with E-state index >= 15 is 0 Å². The molecular formula is C25H23NO7. The number of carbonyl (C=O) groups is 4. The maximum atomic E-state index is 13.4. The number of methoxy groups -OCH3 is 2. The SMILES string of the molecule is COc1cc(O)c(C2C3=CCC4C(=O)NC(=O)C4C3CC3=C2C(=O)C(C)=CC3=O)c(OC)c1. The molecule has 1 saturated heterocycles. The number of hydrogen-bond acceptors (Lipinski definition) is 7. The van der Waals surface area contributed by atoms with Crippen molar-refractivity contribution in [2.24, 2.45) is 17.8 Å². The number of imide groups is 1. The third kappa shape index (κ3) is 2.97. The minimum Gasteiger partial charge on any atom is -0.507 e. The molecule has 1 heterocycles. The molecule has 1 aromatic rings. The van der Waals surface area contributed by atoms with E-state index < -0.39 is 23.7 Å². The predicted octanol–water partition coefficient (Wildman–Crippen LogP) is 2.13. The van der Waals surface area contributed by atoms with Crippen LogP contribution in [0.4, 0.5) is 0 Å². The van der Waals surface area contributed by atoms with Crippen molar-refractivity contribution in [3.8, 4) is 17.2 Å². The summed E-state index contributed by atoms with van der Waals surface area (Å²) in [7, 11) is 2.91. The van der Waals surface area contributed by atoms with Gasteiger partial charge in [-0.2, -0.15) is 0 Å². The Labute approximate surface area is 189 Å². The molecule has 0 radical (unpaired) electrons. The van der Waals surface area contributed by atoms with Crippen LogP contribution in [0.25, 0.3) is 0 Å². The Hall–Kier alpha value is -3.68. The Morgan fingerprint density at radius 2 is 1.79 bits per heavy atom. The van der Waals surface area contributed by atoms with E-state index in [1.165, 1.54) is 26.4 Å². The first kappa shape index (κ1) is 21.2. The van der Waals surface area contributed by atoms with E-state index in [1.54, 1.807) is 13.0 Å². The van der Waals surface area contributed by atoms with Crippen LogP contribution in [0.3, 0.4) is 0 Å². The largest absolute Gasteiger partial charge is 0.507 e. The van der Waals surface area contributed by atoms with Crippen LogP contribution in [0, 0.1) is 17.8 Å². The van der Waals surface area contributed by atoms with Gasteiger partial charge in [-0.25, -0.2) is 0 Å². The molecule has 8 nitrogen and oxygen atoms in total. The molecule has 0 bridgehead atoms. The number of ether oxygens (including phenoxy) is 2. The Bertz CT molecular complexity index is 1240. The summed E-state index contributed by atoms with van der Waals surface area (Å²) >= 11 is 0. The highest BCUT2D eigenvalue weighted by molar-refractivity contribution is 6.24. The number of rotatable bonds is 3. The second-order valence-corrected chi connectivity index (χ2v) is 8.84. The summed E-state index contributed by atoms with van der Waals surface area (Å²) in [6.45, 7) is 1.59. The number of nitrogens with one attached hydrogen (secondary N) is 1. The summed E-state index contributed by atoms with van der Waals surface area (Å²) in [6.07, 6.45) is 3.72. The van der Waals surface area contributed by atoms with Gasteiger partial charge in [0.05, 0.1) is 26.1 Å². The van der Waals surface area contributed by atoms with E-state index in [4.69, 9.17) is 9.47 Å². The number of carbonyl (C=O) groups excluding carboxylic acids is 4. The van der Waals surface area contributed by atoms with Crippen molar-refractivity contribution in [2.75, 3.05) is 14.2 Å². The molecule has 1 fully saturated rings. The zero-order valence-electron chi connectivity index (χ0n) is 18.4. The number of hydrogen-bond donors (Lipinski definition) is 2. The lowest BCUT2D eigenvalue weighted by atomic mass is 9.59. The average molecular weight is 449 g/mol. The summed E-state index contributed by atoms with van der Waals surface area (Å²) < 4.78 is 10.8. The number of Topliss-reactive ketones (excluding diaryl/α,β-unsaturated/α-hetero) is 1. The smallest absolute Gasteiger partial charge is 0.231 e. The summed E-state index contributed by atoms with van der Waals surface area (Å²) in [4.78, 5) is 51.4. The number of fused-ring (bicyclic) bond motifs is 3. The van der Waals surface area contributed by atoms with Crippen molar-refractivity contribution in [1.29, 1.82) is 0 Å². The van der Waals surface area contributed by atoms with Crippen LogP contribution in [0.2, 0.25) is 0 Å². The van der Waals surface area contributed by atoms with Gasteiger partial charge >= 0.3 is 0 Å². The zero-order valence-corrected chi connectivity index (χ0v) is 18.4. The maximum absolute atomic E-state index is 13.4. The lowest BCUT2D eigenvalue weighted by Crippen LogP contribution is -2.39. The van der Waals surface area contributed by atoms with Crippen LogP contribution >= 0.6 is 0 Å². The van der Waals surface area contributed by atoms with Crippen molar-refractivity contribution in [1.82, 2.24) is 5.32 Å². The highest BCUT2D eigenvalue weighted by Gasteiger charge is 2.54. The van der Waals surface area contributed by atoms with Crippen molar-refractivity contribution >= 4 is 23.4 Å². The molecule has 0 aromatic heterocycles. The van der Waals surface area contributed by atoms with Crippen LogP contribution in [-0.4, -0.2) is 42.7 Å². The maximum Gasteiger partial charge on any atom is 0.231 e. The third-order valence-electron chi connectivity index (χ3n) is 7.25. The predicted molar refractivity (Wildman–Crippen MR) is 116 cm³/mol. The minimum atomic E-state index is -0.788. The first-order valence-corrected chi connectivity index (χ1v) is 10.8. The van der Waals surface area contributed by atoms with E-state index in [0.717, 1.165) is 5.57 Å². The number of benzene rings is 1. The Morgan fingerprint density at radius 1 is 1.03 bits per heavy atom. The lowest BCUT2D eigenvalue weighted by Gasteiger charge is -2.42. The molecule has 4 aliphatic rings. The highest BCUT2D eigenvalue weighted by atomic mass is 16.5. The highest BCUT2D eigenvalue weighted by Crippen LogP contribution is 2.57. The summed E-state index contributed by atoms with van der Waals surface area (Å²) in [5.74, 6) is -3.10. The fourth-order valence-electron chi connectivity index (χ4n) is 5.77. The van der Waals surface area contributed by atoms with Crippen LogP contribution in [0.1, 0.15) is 31.2 Å². The number of allylic oxidation sites excluding steroid dienone is 6. The van der Waals surface area contributed by atoms with Gasteiger partial charge in [0, 0.05) is 40.3 Å². The van der Waals surface area contributed by atoms with E-state index in [0.29, 0.717) is 40.2 Å². The van der Waals surface area contributed by atoms with E-state index in [1.807, 2.05) is 6.08 Å². The number of amides is 2. The van der Waals surface area contributed by atoms with Crippen LogP contribution < -0.4 is 14.8 Å². The summed E-state index contributed by atoms with van der Waals surface area (Å²) in [6, 6.07) is 3.03. The van der Waals surface area contributed by atoms with Gasteiger partial charge in [-0.05, 0) is 31.8 Å².